The fraction of sp³-hybridized carbons (Fsp3) is 0.700. The molecular formula is C10H13F3N2S. The maximum atomic E-state index is 12.4. The lowest BCUT2D eigenvalue weighted by atomic mass is 9.86. The summed E-state index contributed by atoms with van der Waals surface area (Å²) in [6, 6.07) is 0.143. The first-order valence-corrected chi connectivity index (χ1v) is 6.16. The molecule has 0 saturated heterocycles. The van der Waals surface area contributed by atoms with Crippen LogP contribution in [0.15, 0.2) is 11.6 Å². The number of hydrogen-bond acceptors (Lipinski definition) is 3. The summed E-state index contributed by atoms with van der Waals surface area (Å²) in [4.78, 5) is 4.06. The molecule has 0 aromatic carbocycles. The van der Waals surface area contributed by atoms with Crippen molar-refractivity contribution in [2.45, 2.75) is 37.9 Å². The molecule has 0 bridgehead atoms. The Morgan fingerprint density at radius 3 is 2.44 bits per heavy atom. The van der Waals surface area contributed by atoms with Crippen LogP contribution >= 0.6 is 11.3 Å². The third-order valence-corrected chi connectivity index (χ3v) is 3.65. The summed E-state index contributed by atoms with van der Waals surface area (Å²) >= 11 is 1.48. The van der Waals surface area contributed by atoms with Crippen LogP contribution in [0, 0.1) is 5.92 Å². The Bertz CT molecular complexity index is 315. The van der Waals surface area contributed by atoms with Gasteiger partial charge < -0.3 is 5.32 Å². The highest BCUT2D eigenvalue weighted by molar-refractivity contribution is 7.13. The lowest BCUT2D eigenvalue weighted by Gasteiger charge is -2.30. The molecule has 2 nitrogen and oxygen atoms in total. The summed E-state index contributed by atoms with van der Waals surface area (Å²) in [5, 5.41) is 5.83. The number of halogens is 3. The van der Waals surface area contributed by atoms with E-state index in [0.717, 1.165) is 5.13 Å². The second-order valence-electron chi connectivity index (χ2n) is 4.07. The van der Waals surface area contributed by atoms with Crippen LogP contribution in [-0.4, -0.2) is 17.2 Å². The fourth-order valence-electron chi connectivity index (χ4n) is 2.03. The van der Waals surface area contributed by atoms with Gasteiger partial charge in [-0.1, -0.05) is 0 Å². The van der Waals surface area contributed by atoms with Gasteiger partial charge in [-0.25, -0.2) is 4.98 Å². The molecule has 0 atom stereocenters. The Morgan fingerprint density at radius 1 is 1.25 bits per heavy atom. The van der Waals surface area contributed by atoms with Crippen molar-refractivity contribution in [2.24, 2.45) is 5.92 Å². The van der Waals surface area contributed by atoms with Gasteiger partial charge in [0.15, 0.2) is 5.13 Å². The van der Waals surface area contributed by atoms with Crippen LogP contribution in [0.25, 0.3) is 0 Å². The number of rotatable bonds is 2. The standard InChI is InChI=1S/C10H13F3N2S/c11-10(12,13)7-1-3-8(4-2-7)15-9-14-5-6-16-9/h5-8H,1-4H2,(H,14,15). The van der Waals surface area contributed by atoms with Crippen molar-refractivity contribution < 1.29 is 13.2 Å². The molecule has 0 aliphatic heterocycles. The Balaban J connectivity index is 1.82. The van der Waals surface area contributed by atoms with Gasteiger partial charge >= 0.3 is 6.18 Å². The van der Waals surface area contributed by atoms with Crippen LogP contribution in [0.5, 0.6) is 0 Å². The molecule has 90 valence electrons. The zero-order chi connectivity index (χ0) is 11.6. The molecule has 1 aliphatic rings. The predicted octanol–water partition coefficient (Wildman–Crippen LogP) is 3.68. The summed E-state index contributed by atoms with van der Waals surface area (Å²) in [6.45, 7) is 0. The second kappa shape index (κ2) is 4.61. The van der Waals surface area contributed by atoms with Gasteiger partial charge in [0.25, 0.3) is 0 Å². The van der Waals surface area contributed by atoms with Crippen LogP contribution in [0.4, 0.5) is 18.3 Å². The molecule has 16 heavy (non-hydrogen) atoms. The molecule has 1 aliphatic carbocycles. The van der Waals surface area contributed by atoms with E-state index in [1.54, 1.807) is 6.20 Å². The molecular weight excluding hydrogens is 237 g/mol. The average molecular weight is 250 g/mol. The van der Waals surface area contributed by atoms with E-state index in [0.29, 0.717) is 12.8 Å². The smallest absolute Gasteiger partial charge is 0.359 e. The molecule has 1 saturated carbocycles. The first-order valence-electron chi connectivity index (χ1n) is 5.28. The normalized spacial score (nSPS) is 26.7. The van der Waals surface area contributed by atoms with E-state index in [1.807, 2.05) is 5.38 Å². The highest BCUT2D eigenvalue weighted by atomic mass is 32.1. The number of alkyl halides is 3. The molecule has 1 heterocycles. The Hall–Kier alpha value is -0.780. The molecule has 0 unspecified atom stereocenters. The average Bonchev–Trinajstić information content (AvgIpc) is 2.70. The topological polar surface area (TPSA) is 24.9 Å². The molecule has 0 spiro atoms. The zero-order valence-electron chi connectivity index (χ0n) is 8.63. The largest absolute Gasteiger partial charge is 0.391 e. The van der Waals surface area contributed by atoms with Crippen molar-refractivity contribution in [1.29, 1.82) is 0 Å². The second-order valence-corrected chi connectivity index (χ2v) is 4.97. The van der Waals surface area contributed by atoms with E-state index in [9.17, 15) is 13.2 Å². The van der Waals surface area contributed by atoms with Gasteiger partial charge in [0.05, 0.1) is 5.92 Å². The van der Waals surface area contributed by atoms with Crippen LogP contribution in [-0.2, 0) is 0 Å². The Kier molecular flexibility index (Phi) is 3.37. The van der Waals surface area contributed by atoms with Gasteiger partial charge in [0.2, 0.25) is 0 Å². The van der Waals surface area contributed by atoms with Crippen molar-refractivity contribution in [2.75, 3.05) is 5.32 Å². The van der Waals surface area contributed by atoms with Crippen molar-refractivity contribution in [1.82, 2.24) is 4.98 Å². The first kappa shape index (κ1) is 11.7. The third kappa shape index (κ3) is 2.87. The van der Waals surface area contributed by atoms with Crippen molar-refractivity contribution in [3.63, 3.8) is 0 Å². The molecule has 2 rings (SSSR count). The quantitative estimate of drug-likeness (QED) is 0.866. The SMILES string of the molecule is FC(F)(F)C1CCC(Nc2nccs2)CC1. The number of aromatic nitrogens is 1. The van der Waals surface area contributed by atoms with E-state index in [-0.39, 0.29) is 18.9 Å². The molecule has 1 aromatic rings. The summed E-state index contributed by atoms with van der Waals surface area (Å²) < 4.78 is 37.2. The molecule has 0 radical (unpaired) electrons. The van der Waals surface area contributed by atoms with Crippen LogP contribution in [0.2, 0.25) is 0 Å². The fourth-order valence-corrected chi connectivity index (χ4v) is 2.64. The van der Waals surface area contributed by atoms with E-state index in [4.69, 9.17) is 0 Å². The summed E-state index contributed by atoms with van der Waals surface area (Å²) in [7, 11) is 0. The predicted molar refractivity (Wildman–Crippen MR) is 57.5 cm³/mol. The summed E-state index contributed by atoms with van der Waals surface area (Å²) in [5.74, 6) is -1.11. The first-order chi connectivity index (χ1) is 7.55. The van der Waals surface area contributed by atoms with Crippen LogP contribution in [0.3, 0.4) is 0 Å². The Morgan fingerprint density at radius 2 is 1.94 bits per heavy atom. The van der Waals surface area contributed by atoms with E-state index in [2.05, 4.69) is 10.3 Å². The van der Waals surface area contributed by atoms with Crippen LogP contribution < -0.4 is 5.32 Å². The van der Waals surface area contributed by atoms with Gasteiger partial charge in [-0.3, -0.25) is 0 Å². The minimum absolute atomic E-state index is 0.143. The number of thiazole rings is 1. The van der Waals surface area contributed by atoms with Crippen LogP contribution in [0.1, 0.15) is 25.7 Å². The minimum Gasteiger partial charge on any atom is -0.359 e. The molecule has 0 amide bonds. The van der Waals surface area contributed by atoms with Crippen molar-refractivity contribution in [3.8, 4) is 0 Å². The molecule has 1 aromatic heterocycles. The van der Waals surface area contributed by atoms with Gasteiger partial charge in [0, 0.05) is 17.6 Å². The molecule has 1 fully saturated rings. The number of nitrogens with zero attached hydrogens (tertiary/aromatic N) is 1. The maximum Gasteiger partial charge on any atom is 0.391 e. The highest BCUT2D eigenvalue weighted by Gasteiger charge is 2.41. The monoisotopic (exact) mass is 250 g/mol. The van der Waals surface area contributed by atoms with E-state index in [1.165, 1.54) is 11.3 Å². The van der Waals surface area contributed by atoms with Gasteiger partial charge in [0.1, 0.15) is 0 Å². The van der Waals surface area contributed by atoms with Crippen molar-refractivity contribution in [3.05, 3.63) is 11.6 Å². The van der Waals surface area contributed by atoms with Gasteiger partial charge in [-0.2, -0.15) is 13.2 Å². The van der Waals surface area contributed by atoms with E-state index < -0.39 is 12.1 Å². The number of anilines is 1. The van der Waals surface area contributed by atoms with Gasteiger partial charge in [-0.05, 0) is 25.7 Å². The third-order valence-electron chi connectivity index (χ3n) is 2.95. The molecule has 6 heteroatoms. The Labute approximate surface area is 95.9 Å². The maximum absolute atomic E-state index is 12.4. The minimum atomic E-state index is -4.02. The number of nitrogens with one attached hydrogen (secondary N) is 1. The van der Waals surface area contributed by atoms with Crippen molar-refractivity contribution >= 4 is 16.5 Å². The van der Waals surface area contributed by atoms with E-state index >= 15 is 0 Å². The summed E-state index contributed by atoms with van der Waals surface area (Å²) in [5.41, 5.74) is 0. The lowest BCUT2D eigenvalue weighted by molar-refractivity contribution is -0.182. The number of hydrogen-bond donors (Lipinski definition) is 1. The lowest BCUT2D eigenvalue weighted by Crippen LogP contribution is -2.32. The highest BCUT2D eigenvalue weighted by Crippen LogP contribution is 2.38. The summed E-state index contributed by atoms with van der Waals surface area (Å²) in [6.07, 6.45) is -0.729. The zero-order valence-corrected chi connectivity index (χ0v) is 9.44. The molecule has 1 N–H and O–H groups in total. The van der Waals surface area contributed by atoms with Gasteiger partial charge in [-0.15, -0.1) is 11.3 Å².